The Balaban J connectivity index is 2.66. The summed E-state index contributed by atoms with van der Waals surface area (Å²) >= 11 is 0. The third-order valence-electron chi connectivity index (χ3n) is 1.67. The molecule has 1 aliphatic rings. The normalized spacial score (nSPS) is 16.4. The minimum atomic E-state index is -0.403. The molecular formula is C9H12O3. The number of rotatable bonds is 2. The Labute approximate surface area is 71.3 Å². The summed E-state index contributed by atoms with van der Waals surface area (Å²) in [7, 11) is 0. The molecule has 0 aromatic carbocycles. The van der Waals surface area contributed by atoms with Gasteiger partial charge in [-0.05, 0) is 6.92 Å². The van der Waals surface area contributed by atoms with Crippen LogP contribution in [0.5, 0.6) is 0 Å². The molecule has 1 aliphatic carbocycles. The van der Waals surface area contributed by atoms with Gasteiger partial charge in [-0.2, -0.15) is 0 Å². The van der Waals surface area contributed by atoms with Gasteiger partial charge >= 0.3 is 5.97 Å². The molecule has 0 aromatic rings. The second kappa shape index (κ2) is 3.95. The maximum atomic E-state index is 11.1. The number of aliphatic hydroxyl groups is 1. The number of allylic oxidation sites excluding steroid dienone is 2. The molecule has 66 valence electrons. The van der Waals surface area contributed by atoms with Crippen LogP contribution in [0.4, 0.5) is 0 Å². The van der Waals surface area contributed by atoms with Crippen LogP contribution in [-0.4, -0.2) is 17.7 Å². The van der Waals surface area contributed by atoms with Gasteiger partial charge in [0.1, 0.15) is 5.76 Å². The summed E-state index contributed by atoms with van der Waals surface area (Å²) in [6.07, 6.45) is 4.60. The van der Waals surface area contributed by atoms with Crippen molar-refractivity contribution in [2.45, 2.75) is 19.8 Å². The quantitative estimate of drug-likeness (QED) is 0.504. The zero-order valence-electron chi connectivity index (χ0n) is 7.04. The Bertz CT molecular complexity index is 238. The number of hydrogen-bond donors (Lipinski definition) is 1. The Hall–Kier alpha value is -1.25. The minimum Gasteiger partial charge on any atom is -0.511 e. The Morgan fingerprint density at radius 3 is 2.83 bits per heavy atom. The molecule has 3 nitrogen and oxygen atoms in total. The van der Waals surface area contributed by atoms with Gasteiger partial charge in [0.25, 0.3) is 0 Å². The van der Waals surface area contributed by atoms with E-state index in [1.165, 1.54) is 0 Å². The van der Waals surface area contributed by atoms with Crippen LogP contribution in [-0.2, 0) is 9.53 Å². The lowest BCUT2D eigenvalue weighted by molar-refractivity contribution is -0.138. The van der Waals surface area contributed by atoms with Crippen molar-refractivity contribution in [1.29, 1.82) is 0 Å². The highest BCUT2D eigenvalue weighted by Crippen LogP contribution is 2.18. The summed E-state index contributed by atoms with van der Waals surface area (Å²) < 4.78 is 4.76. The van der Waals surface area contributed by atoms with E-state index < -0.39 is 5.97 Å². The van der Waals surface area contributed by atoms with Crippen LogP contribution in [0, 0.1) is 0 Å². The molecule has 12 heavy (non-hydrogen) atoms. The second-order valence-corrected chi connectivity index (χ2v) is 2.53. The third kappa shape index (κ3) is 1.87. The van der Waals surface area contributed by atoms with E-state index >= 15 is 0 Å². The Kier molecular flexibility index (Phi) is 2.91. The number of carbonyl (C=O) groups is 1. The molecule has 0 aromatic heterocycles. The molecule has 0 bridgehead atoms. The molecule has 0 radical (unpaired) electrons. The Morgan fingerprint density at radius 1 is 1.58 bits per heavy atom. The van der Waals surface area contributed by atoms with Crippen LogP contribution >= 0.6 is 0 Å². The van der Waals surface area contributed by atoms with Gasteiger partial charge in [0.15, 0.2) is 0 Å². The smallest absolute Gasteiger partial charge is 0.337 e. The maximum absolute atomic E-state index is 11.1. The van der Waals surface area contributed by atoms with Gasteiger partial charge in [-0.15, -0.1) is 0 Å². The predicted octanol–water partition coefficient (Wildman–Crippen LogP) is 1.71. The van der Waals surface area contributed by atoms with Crippen LogP contribution in [0.25, 0.3) is 0 Å². The summed E-state index contributed by atoms with van der Waals surface area (Å²) in [6, 6.07) is 0. The second-order valence-electron chi connectivity index (χ2n) is 2.53. The van der Waals surface area contributed by atoms with E-state index in [1.807, 2.05) is 12.2 Å². The topological polar surface area (TPSA) is 46.5 Å². The lowest BCUT2D eigenvalue weighted by Crippen LogP contribution is -2.11. The van der Waals surface area contributed by atoms with E-state index in [2.05, 4.69) is 0 Å². The van der Waals surface area contributed by atoms with E-state index in [4.69, 9.17) is 4.74 Å². The van der Waals surface area contributed by atoms with Crippen LogP contribution in [0.3, 0.4) is 0 Å². The first-order valence-corrected chi connectivity index (χ1v) is 3.98. The van der Waals surface area contributed by atoms with Crippen molar-refractivity contribution in [3.05, 3.63) is 23.5 Å². The van der Waals surface area contributed by atoms with Gasteiger partial charge in [-0.3, -0.25) is 0 Å². The van der Waals surface area contributed by atoms with E-state index in [-0.39, 0.29) is 5.76 Å². The van der Waals surface area contributed by atoms with Gasteiger partial charge in [0.05, 0.1) is 12.2 Å². The van der Waals surface area contributed by atoms with Crippen molar-refractivity contribution in [3.8, 4) is 0 Å². The largest absolute Gasteiger partial charge is 0.511 e. The molecule has 1 N–H and O–H groups in total. The van der Waals surface area contributed by atoms with Crippen molar-refractivity contribution in [2.75, 3.05) is 6.61 Å². The lowest BCUT2D eigenvalue weighted by Gasteiger charge is -2.10. The molecule has 0 amide bonds. The highest BCUT2D eigenvalue weighted by molar-refractivity contribution is 5.89. The molecule has 1 rings (SSSR count). The lowest BCUT2D eigenvalue weighted by atomic mass is 10.0. The standard InChI is InChI=1S/C9H12O3/c1-2-12-9(11)7-5-3-4-6-8(7)10/h3-4,10H,2,5-6H2,1H3. The predicted molar refractivity (Wildman–Crippen MR) is 44.7 cm³/mol. The number of aliphatic hydroxyl groups excluding tert-OH is 1. The maximum Gasteiger partial charge on any atom is 0.337 e. The van der Waals surface area contributed by atoms with Crippen molar-refractivity contribution in [3.63, 3.8) is 0 Å². The van der Waals surface area contributed by atoms with Crippen molar-refractivity contribution in [2.24, 2.45) is 0 Å². The molecule has 0 atom stereocenters. The first kappa shape index (κ1) is 8.84. The molecule has 0 aliphatic heterocycles. The van der Waals surface area contributed by atoms with E-state index in [0.29, 0.717) is 25.0 Å². The fourth-order valence-electron chi connectivity index (χ4n) is 1.06. The average Bonchev–Trinajstić information content (AvgIpc) is 2.05. The van der Waals surface area contributed by atoms with Crippen LogP contribution in [0.2, 0.25) is 0 Å². The number of hydrogen-bond acceptors (Lipinski definition) is 3. The highest BCUT2D eigenvalue weighted by Gasteiger charge is 2.16. The van der Waals surface area contributed by atoms with Crippen LogP contribution < -0.4 is 0 Å². The Morgan fingerprint density at radius 2 is 2.25 bits per heavy atom. The van der Waals surface area contributed by atoms with E-state index in [0.717, 1.165) is 0 Å². The fourth-order valence-corrected chi connectivity index (χ4v) is 1.06. The summed E-state index contributed by atoms with van der Waals surface area (Å²) in [6.45, 7) is 2.09. The molecule has 0 unspecified atom stereocenters. The van der Waals surface area contributed by atoms with Crippen molar-refractivity contribution >= 4 is 5.97 Å². The summed E-state index contributed by atoms with van der Waals surface area (Å²) in [5.74, 6) is -0.268. The molecule has 3 heteroatoms. The van der Waals surface area contributed by atoms with Crippen LogP contribution in [0.15, 0.2) is 23.5 Å². The van der Waals surface area contributed by atoms with E-state index in [9.17, 15) is 9.90 Å². The average molecular weight is 168 g/mol. The zero-order valence-corrected chi connectivity index (χ0v) is 7.04. The van der Waals surface area contributed by atoms with Gasteiger partial charge in [0.2, 0.25) is 0 Å². The van der Waals surface area contributed by atoms with Crippen molar-refractivity contribution in [1.82, 2.24) is 0 Å². The number of esters is 1. The fraction of sp³-hybridized carbons (Fsp3) is 0.444. The van der Waals surface area contributed by atoms with Gasteiger partial charge in [-0.1, -0.05) is 12.2 Å². The number of carbonyl (C=O) groups excluding carboxylic acids is 1. The zero-order chi connectivity index (χ0) is 8.97. The third-order valence-corrected chi connectivity index (χ3v) is 1.67. The molecule has 0 saturated heterocycles. The monoisotopic (exact) mass is 168 g/mol. The molecule has 0 fully saturated rings. The van der Waals surface area contributed by atoms with Crippen LogP contribution in [0.1, 0.15) is 19.8 Å². The first-order valence-electron chi connectivity index (χ1n) is 3.98. The molecular weight excluding hydrogens is 156 g/mol. The van der Waals surface area contributed by atoms with Crippen molar-refractivity contribution < 1.29 is 14.6 Å². The molecule has 0 saturated carbocycles. The summed E-state index contributed by atoms with van der Waals surface area (Å²) in [5.41, 5.74) is 0.388. The summed E-state index contributed by atoms with van der Waals surface area (Å²) in [4.78, 5) is 11.1. The van der Waals surface area contributed by atoms with Gasteiger partial charge in [0, 0.05) is 12.8 Å². The summed E-state index contributed by atoms with van der Waals surface area (Å²) in [5, 5.41) is 9.29. The minimum absolute atomic E-state index is 0.135. The molecule has 0 heterocycles. The van der Waals surface area contributed by atoms with Gasteiger partial charge < -0.3 is 9.84 Å². The van der Waals surface area contributed by atoms with E-state index in [1.54, 1.807) is 6.92 Å². The van der Waals surface area contributed by atoms with Gasteiger partial charge in [-0.25, -0.2) is 4.79 Å². The number of ether oxygens (including phenoxy) is 1. The first-order chi connectivity index (χ1) is 5.75. The highest BCUT2D eigenvalue weighted by atomic mass is 16.5. The molecule has 0 spiro atoms. The SMILES string of the molecule is CCOC(=O)C1=C(O)CC=CC1.